The van der Waals surface area contributed by atoms with E-state index in [1.165, 1.54) is 0 Å². The average Bonchev–Trinajstić information content (AvgIpc) is 2.54. The first kappa shape index (κ1) is 12.1. The smallest absolute Gasteiger partial charge is 0.254 e. The highest BCUT2D eigenvalue weighted by atomic mass is 16.5. The number of nitrogens with zero attached hydrogens (tertiary/aromatic N) is 1. The lowest BCUT2D eigenvalue weighted by Crippen LogP contribution is -2.36. The van der Waals surface area contributed by atoms with Crippen molar-refractivity contribution in [1.82, 2.24) is 4.90 Å². The van der Waals surface area contributed by atoms with Crippen molar-refractivity contribution in [2.75, 3.05) is 19.7 Å². The summed E-state index contributed by atoms with van der Waals surface area (Å²) in [6.07, 6.45) is 1.05. The lowest BCUT2D eigenvalue weighted by atomic mass is 10.1. The molecule has 0 spiro atoms. The molecule has 17 heavy (non-hydrogen) atoms. The van der Waals surface area contributed by atoms with E-state index in [1.807, 2.05) is 43.0 Å². The highest BCUT2D eigenvalue weighted by Crippen LogP contribution is 2.13. The molecule has 92 valence electrons. The van der Waals surface area contributed by atoms with Crippen molar-refractivity contribution in [1.29, 1.82) is 0 Å². The number of benzene rings is 1. The van der Waals surface area contributed by atoms with E-state index in [0.717, 1.165) is 30.7 Å². The van der Waals surface area contributed by atoms with Gasteiger partial charge in [-0.05, 0) is 31.9 Å². The Hall–Kier alpha value is -1.35. The number of carbonyl (C=O) groups excluding carboxylic acids is 1. The molecule has 0 N–H and O–H groups in total. The second kappa shape index (κ2) is 5.32. The molecule has 1 aliphatic heterocycles. The molecular weight excluding hydrogens is 214 g/mol. The summed E-state index contributed by atoms with van der Waals surface area (Å²) in [5.74, 6) is 0.125. The van der Waals surface area contributed by atoms with Gasteiger partial charge in [0.1, 0.15) is 0 Å². The number of hydrogen-bond donors (Lipinski definition) is 0. The Morgan fingerprint density at radius 2 is 2.18 bits per heavy atom. The van der Waals surface area contributed by atoms with Crippen molar-refractivity contribution in [2.45, 2.75) is 26.4 Å². The van der Waals surface area contributed by atoms with Crippen LogP contribution in [-0.2, 0) is 4.74 Å². The Labute approximate surface area is 102 Å². The van der Waals surface area contributed by atoms with Crippen LogP contribution in [0.4, 0.5) is 0 Å². The Morgan fingerprint density at radius 1 is 1.41 bits per heavy atom. The number of hydrogen-bond acceptors (Lipinski definition) is 2. The molecule has 1 aliphatic rings. The summed E-state index contributed by atoms with van der Waals surface area (Å²) >= 11 is 0. The molecule has 0 saturated carbocycles. The van der Waals surface area contributed by atoms with Crippen LogP contribution in [-0.4, -0.2) is 36.6 Å². The highest BCUT2D eigenvalue weighted by molar-refractivity contribution is 5.95. The van der Waals surface area contributed by atoms with Gasteiger partial charge in [-0.3, -0.25) is 4.79 Å². The molecule has 1 aromatic carbocycles. The molecule has 1 saturated heterocycles. The molecule has 1 amide bonds. The Bertz CT molecular complexity index is 403. The first-order chi connectivity index (χ1) is 8.18. The molecule has 1 unspecified atom stereocenters. The van der Waals surface area contributed by atoms with E-state index in [1.54, 1.807) is 0 Å². The van der Waals surface area contributed by atoms with E-state index in [-0.39, 0.29) is 12.0 Å². The fraction of sp³-hybridized carbons (Fsp3) is 0.500. The first-order valence-corrected chi connectivity index (χ1v) is 6.15. The predicted octanol–water partition coefficient (Wildman–Crippen LogP) is 2.25. The maximum absolute atomic E-state index is 12.4. The van der Waals surface area contributed by atoms with Gasteiger partial charge in [0, 0.05) is 25.3 Å². The number of rotatable bonds is 1. The van der Waals surface area contributed by atoms with Crippen molar-refractivity contribution in [3.8, 4) is 0 Å². The maximum Gasteiger partial charge on any atom is 0.254 e. The molecule has 1 atom stereocenters. The molecule has 1 heterocycles. The van der Waals surface area contributed by atoms with Gasteiger partial charge in [0.15, 0.2) is 0 Å². The van der Waals surface area contributed by atoms with Crippen LogP contribution < -0.4 is 0 Å². The molecule has 0 bridgehead atoms. The summed E-state index contributed by atoms with van der Waals surface area (Å²) in [5, 5.41) is 0. The molecule has 1 aromatic rings. The zero-order chi connectivity index (χ0) is 12.3. The SMILES string of the molecule is Cc1ccccc1C(=O)N1CCCOC(C)C1. The monoisotopic (exact) mass is 233 g/mol. The zero-order valence-electron chi connectivity index (χ0n) is 10.5. The molecule has 3 heteroatoms. The number of ether oxygens (including phenoxy) is 1. The van der Waals surface area contributed by atoms with Crippen molar-refractivity contribution < 1.29 is 9.53 Å². The van der Waals surface area contributed by atoms with Gasteiger partial charge in [-0.25, -0.2) is 0 Å². The van der Waals surface area contributed by atoms with Crippen LogP contribution in [0.1, 0.15) is 29.3 Å². The van der Waals surface area contributed by atoms with Gasteiger partial charge in [-0.2, -0.15) is 0 Å². The van der Waals surface area contributed by atoms with Gasteiger partial charge in [0.2, 0.25) is 0 Å². The Kier molecular flexibility index (Phi) is 3.79. The van der Waals surface area contributed by atoms with Crippen molar-refractivity contribution in [3.63, 3.8) is 0 Å². The van der Waals surface area contributed by atoms with E-state index in [9.17, 15) is 4.79 Å². The predicted molar refractivity (Wildman–Crippen MR) is 67.1 cm³/mol. The summed E-state index contributed by atoms with van der Waals surface area (Å²) in [4.78, 5) is 14.3. The Morgan fingerprint density at radius 3 is 2.94 bits per heavy atom. The van der Waals surface area contributed by atoms with E-state index >= 15 is 0 Å². The summed E-state index contributed by atoms with van der Waals surface area (Å²) < 4.78 is 5.56. The fourth-order valence-corrected chi connectivity index (χ4v) is 2.16. The number of amides is 1. The summed E-state index contributed by atoms with van der Waals surface area (Å²) in [6.45, 7) is 6.22. The minimum Gasteiger partial charge on any atom is -0.377 e. The van der Waals surface area contributed by atoms with Gasteiger partial charge in [0.25, 0.3) is 5.91 Å². The minimum absolute atomic E-state index is 0.125. The third-order valence-corrected chi connectivity index (χ3v) is 3.11. The number of carbonyl (C=O) groups is 1. The van der Waals surface area contributed by atoms with Crippen LogP contribution in [0.5, 0.6) is 0 Å². The van der Waals surface area contributed by atoms with Crippen LogP contribution in [0.3, 0.4) is 0 Å². The van der Waals surface area contributed by atoms with E-state index in [4.69, 9.17) is 4.74 Å². The van der Waals surface area contributed by atoms with Crippen molar-refractivity contribution >= 4 is 5.91 Å². The third-order valence-electron chi connectivity index (χ3n) is 3.11. The largest absolute Gasteiger partial charge is 0.377 e. The lowest BCUT2D eigenvalue weighted by molar-refractivity contribution is 0.0562. The molecule has 0 radical (unpaired) electrons. The Balaban J connectivity index is 2.16. The first-order valence-electron chi connectivity index (χ1n) is 6.15. The molecule has 1 fully saturated rings. The van der Waals surface area contributed by atoms with Gasteiger partial charge in [0.05, 0.1) is 6.10 Å². The van der Waals surface area contributed by atoms with Crippen LogP contribution in [0.25, 0.3) is 0 Å². The van der Waals surface area contributed by atoms with Crippen LogP contribution in [0, 0.1) is 6.92 Å². The quantitative estimate of drug-likeness (QED) is 0.744. The minimum atomic E-state index is 0.125. The van der Waals surface area contributed by atoms with Crippen LogP contribution in [0.2, 0.25) is 0 Å². The third kappa shape index (κ3) is 2.86. The lowest BCUT2D eigenvalue weighted by Gasteiger charge is -2.22. The summed E-state index contributed by atoms with van der Waals surface area (Å²) in [5.41, 5.74) is 1.84. The normalized spacial score (nSPS) is 21.1. The van der Waals surface area contributed by atoms with Crippen LogP contribution in [0.15, 0.2) is 24.3 Å². The van der Waals surface area contributed by atoms with E-state index < -0.39 is 0 Å². The molecule has 0 aliphatic carbocycles. The topological polar surface area (TPSA) is 29.5 Å². The van der Waals surface area contributed by atoms with Gasteiger partial charge >= 0.3 is 0 Å². The maximum atomic E-state index is 12.4. The van der Waals surface area contributed by atoms with Gasteiger partial charge < -0.3 is 9.64 Å². The van der Waals surface area contributed by atoms with Gasteiger partial charge in [-0.15, -0.1) is 0 Å². The molecule has 2 rings (SSSR count). The standard InChI is InChI=1S/C14H19NO2/c1-11-6-3-4-7-13(11)14(16)15-8-5-9-17-12(2)10-15/h3-4,6-7,12H,5,8-10H2,1-2H3. The molecule has 3 nitrogen and oxygen atoms in total. The van der Waals surface area contributed by atoms with Gasteiger partial charge in [-0.1, -0.05) is 18.2 Å². The second-order valence-corrected chi connectivity index (χ2v) is 4.60. The van der Waals surface area contributed by atoms with E-state index in [0.29, 0.717) is 6.54 Å². The van der Waals surface area contributed by atoms with Crippen LogP contribution >= 0.6 is 0 Å². The second-order valence-electron chi connectivity index (χ2n) is 4.60. The summed E-state index contributed by atoms with van der Waals surface area (Å²) in [7, 11) is 0. The van der Waals surface area contributed by atoms with E-state index in [2.05, 4.69) is 0 Å². The molecular formula is C14H19NO2. The van der Waals surface area contributed by atoms with Crippen molar-refractivity contribution in [2.24, 2.45) is 0 Å². The fourth-order valence-electron chi connectivity index (χ4n) is 2.16. The number of aryl methyl sites for hydroxylation is 1. The summed E-state index contributed by atoms with van der Waals surface area (Å²) in [6, 6.07) is 7.75. The zero-order valence-corrected chi connectivity index (χ0v) is 10.5. The molecule has 0 aromatic heterocycles. The van der Waals surface area contributed by atoms with Crippen molar-refractivity contribution in [3.05, 3.63) is 35.4 Å². The average molecular weight is 233 g/mol. The highest BCUT2D eigenvalue weighted by Gasteiger charge is 2.21.